The molecule has 44 heavy (non-hydrogen) atoms. The number of epoxide rings is 2. The largest absolute Gasteiger partial charge is 0.373 e. The molecular formula is C40H44Br2O2. The number of halogens is 2. The zero-order valence-corrected chi connectivity index (χ0v) is 30.1. The highest BCUT2D eigenvalue weighted by atomic mass is 79.9. The van der Waals surface area contributed by atoms with E-state index in [9.17, 15) is 0 Å². The fourth-order valence-electron chi connectivity index (χ4n) is 6.73. The fraction of sp³-hybridized carbons (Fsp3) is 0.400. The molecule has 3 atom stereocenters. The highest BCUT2D eigenvalue weighted by Gasteiger charge is 2.34. The van der Waals surface area contributed by atoms with Crippen molar-refractivity contribution in [2.75, 3.05) is 13.2 Å². The molecule has 230 valence electrons. The number of aryl methyl sites for hydroxylation is 3. The summed E-state index contributed by atoms with van der Waals surface area (Å²) < 4.78 is 13.3. The van der Waals surface area contributed by atoms with Gasteiger partial charge in [-0.15, -0.1) is 0 Å². The van der Waals surface area contributed by atoms with E-state index in [1.165, 1.54) is 55.6 Å². The van der Waals surface area contributed by atoms with Crippen LogP contribution in [-0.4, -0.2) is 25.4 Å². The molecule has 0 radical (unpaired) electrons. The van der Waals surface area contributed by atoms with Crippen molar-refractivity contribution in [1.29, 1.82) is 0 Å². The number of hydrogen-bond acceptors (Lipinski definition) is 2. The van der Waals surface area contributed by atoms with E-state index in [1.54, 1.807) is 0 Å². The monoisotopic (exact) mass is 714 g/mol. The van der Waals surface area contributed by atoms with Gasteiger partial charge >= 0.3 is 0 Å². The first-order chi connectivity index (χ1) is 21.0. The van der Waals surface area contributed by atoms with Crippen molar-refractivity contribution >= 4 is 31.9 Å². The van der Waals surface area contributed by atoms with E-state index in [2.05, 4.69) is 146 Å². The first-order valence-corrected chi connectivity index (χ1v) is 17.6. The number of ether oxygens (including phenoxy) is 2. The molecule has 6 rings (SSSR count). The molecular weight excluding hydrogens is 672 g/mol. The third-order valence-electron chi connectivity index (χ3n) is 10.2. The van der Waals surface area contributed by atoms with Crippen LogP contribution in [0.25, 0.3) is 0 Å². The Morgan fingerprint density at radius 3 is 1.50 bits per heavy atom. The van der Waals surface area contributed by atoms with Crippen LogP contribution in [0.2, 0.25) is 0 Å². The molecule has 2 heterocycles. The topological polar surface area (TPSA) is 25.1 Å². The lowest BCUT2D eigenvalue weighted by Crippen LogP contribution is -2.26. The average molecular weight is 717 g/mol. The molecule has 3 unspecified atom stereocenters. The third kappa shape index (κ3) is 6.51. The average Bonchev–Trinajstić information content (AvgIpc) is 3.92. The van der Waals surface area contributed by atoms with E-state index >= 15 is 0 Å². The molecule has 2 nitrogen and oxygen atoms in total. The van der Waals surface area contributed by atoms with Crippen molar-refractivity contribution in [3.8, 4) is 0 Å². The Morgan fingerprint density at radius 2 is 1.02 bits per heavy atom. The van der Waals surface area contributed by atoms with Crippen LogP contribution in [0, 0.1) is 20.8 Å². The van der Waals surface area contributed by atoms with Gasteiger partial charge in [0.05, 0.1) is 25.4 Å². The van der Waals surface area contributed by atoms with Crippen LogP contribution in [0.5, 0.6) is 0 Å². The maximum atomic E-state index is 5.50. The van der Waals surface area contributed by atoms with Crippen molar-refractivity contribution in [3.63, 3.8) is 0 Å². The van der Waals surface area contributed by atoms with Gasteiger partial charge in [-0.1, -0.05) is 112 Å². The summed E-state index contributed by atoms with van der Waals surface area (Å²) in [6.07, 6.45) is 5.15. The van der Waals surface area contributed by atoms with Gasteiger partial charge in [-0.25, -0.2) is 0 Å². The summed E-state index contributed by atoms with van der Waals surface area (Å²) in [5.74, 6) is 0. The molecule has 0 spiro atoms. The molecule has 2 saturated heterocycles. The van der Waals surface area contributed by atoms with Gasteiger partial charge in [0.15, 0.2) is 0 Å². The highest BCUT2D eigenvalue weighted by Crippen LogP contribution is 2.43. The van der Waals surface area contributed by atoms with Gasteiger partial charge in [0.25, 0.3) is 0 Å². The predicted octanol–water partition coefficient (Wildman–Crippen LogP) is 10.5. The Balaban J connectivity index is 1.35. The van der Waals surface area contributed by atoms with Crippen LogP contribution in [-0.2, 0) is 33.1 Å². The molecule has 0 aliphatic carbocycles. The Morgan fingerprint density at radius 1 is 0.591 bits per heavy atom. The van der Waals surface area contributed by atoms with E-state index in [0.29, 0.717) is 12.2 Å². The molecule has 4 aromatic rings. The molecule has 0 N–H and O–H groups in total. The zero-order valence-electron chi connectivity index (χ0n) is 26.9. The molecule has 0 saturated carbocycles. The minimum Gasteiger partial charge on any atom is -0.373 e. The fourth-order valence-corrected chi connectivity index (χ4v) is 8.32. The van der Waals surface area contributed by atoms with Crippen LogP contribution in [0.4, 0.5) is 0 Å². The Bertz CT molecular complexity index is 1600. The van der Waals surface area contributed by atoms with Gasteiger partial charge in [0.2, 0.25) is 0 Å². The van der Waals surface area contributed by atoms with Crippen molar-refractivity contribution < 1.29 is 9.47 Å². The maximum absolute atomic E-state index is 5.50. The van der Waals surface area contributed by atoms with E-state index in [4.69, 9.17) is 9.47 Å². The molecule has 2 fully saturated rings. The molecule has 0 amide bonds. The molecule has 0 bridgehead atoms. The van der Waals surface area contributed by atoms with Crippen LogP contribution >= 0.6 is 31.9 Å². The van der Waals surface area contributed by atoms with Crippen molar-refractivity contribution in [2.24, 2.45) is 0 Å². The molecule has 0 aromatic heterocycles. The lowest BCUT2D eigenvalue weighted by molar-refractivity contribution is 0.396. The minimum atomic E-state index is -0.289. The van der Waals surface area contributed by atoms with Crippen molar-refractivity contribution in [3.05, 3.63) is 137 Å². The van der Waals surface area contributed by atoms with Gasteiger partial charge in [0, 0.05) is 19.8 Å². The van der Waals surface area contributed by atoms with Gasteiger partial charge in [-0.05, 0) is 116 Å². The minimum absolute atomic E-state index is 0.165. The zero-order chi connectivity index (χ0) is 31.2. The second-order valence-corrected chi connectivity index (χ2v) is 15.4. The van der Waals surface area contributed by atoms with Gasteiger partial charge in [-0.2, -0.15) is 0 Å². The summed E-state index contributed by atoms with van der Waals surface area (Å²) in [6, 6.07) is 28.0. The molecule has 2 aliphatic rings. The second kappa shape index (κ2) is 12.5. The van der Waals surface area contributed by atoms with Gasteiger partial charge < -0.3 is 9.47 Å². The Labute approximate surface area is 280 Å². The van der Waals surface area contributed by atoms with E-state index in [1.807, 2.05) is 0 Å². The Hall–Kier alpha value is -2.24. The SMILES string of the molecule is Cc1ccc(C(C)(c2ccc(C(C)(C)c3cc(Br)c(CCC4CO4)c(Br)c3)cc2)c2cc(C)c(CCC3CO3)c(C)c2)cc1. The number of hydrogen-bond donors (Lipinski definition) is 0. The van der Waals surface area contributed by atoms with Gasteiger partial charge in [-0.3, -0.25) is 0 Å². The highest BCUT2D eigenvalue weighted by molar-refractivity contribution is 9.11. The first-order valence-electron chi connectivity index (χ1n) is 16.0. The number of rotatable bonds is 11. The lowest BCUT2D eigenvalue weighted by atomic mass is 9.69. The van der Waals surface area contributed by atoms with Gasteiger partial charge in [0.1, 0.15) is 0 Å². The smallest absolute Gasteiger partial charge is 0.0813 e. The van der Waals surface area contributed by atoms with Crippen molar-refractivity contribution in [2.45, 2.75) is 90.3 Å². The first kappa shape index (κ1) is 31.7. The quantitative estimate of drug-likeness (QED) is 0.114. The van der Waals surface area contributed by atoms with E-state index in [-0.39, 0.29) is 10.8 Å². The van der Waals surface area contributed by atoms with Crippen LogP contribution in [0.1, 0.15) is 89.2 Å². The van der Waals surface area contributed by atoms with Crippen LogP contribution < -0.4 is 0 Å². The summed E-state index contributed by atoms with van der Waals surface area (Å²) in [7, 11) is 0. The summed E-state index contributed by atoms with van der Waals surface area (Å²) in [5, 5.41) is 0. The predicted molar refractivity (Wildman–Crippen MR) is 189 cm³/mol. The third-order valence-corrected chi connectivity index (χ3v) is 11.6. The standard InChI is InChI=1S/C40H44Br2O2/c1-25-7-9-29(10-8-25)40(6,32-19-26(2)35(27(3)20-32)17-15-33-23-43-33)30-13-11-28(12-14-30)39(4,5)31-21-37(41)36(38(42)22-31)18-16-34-24-44-34/h7-14,19-22,33-34H,15-18,23-24H2,1-6H3. The summed E-state index contributed by atoms with van der Waals surface area (Å²) in [5.41, 5.74) is 12.9. The van der Waals surface area contributed by atoms with Crippen LogP contribution in [0.15, 0.2) is 81.7 Å². The second-order valence-electron chi connectivity index (χ2n) is 13.7. The molecule has 4 heteroatoms. The van der Waals surface area contributed by atoms with Crippen molar-refractivity contribution in [1.82, 2.24) is 0 Å². The molecule has 2 aliphatic heterocycles. The van der Waals surface area contributed by atoms with E-state index < -0.39 is 0 Å². The van der Waals surface area contributed by atoms with Crippen LogP contribution in [0.3, 0.4) is 0 Å². The normalized spacial score (nSPS) is 19.1. The molecule has 4 aromatic carbocycles. The summed E-state index contributed by atoms with van der Waals surface area (Å²) >= 11 is 7.77. The Kier molecular flexibility index (Phi) is 9.02. The lowest BCUT2D eigenvalue weighted by Gasteiger charge is -2.34. The van der Waals surface area contributed by atoms with E-state index in [0.717, 1.165) is 47.8 Å². The number of benzene rings is 4. The maximum Gasteiger partial charge on any atom is 0.0813 e. The summed E-state index contributed by atoms with van der Waals surface area (Å²) in [6.45, 7) is 15.6. The summed E-state index contributed by atoms with van der Waals surface area (Å²) in [4.78, 5) is 0.